The Morgan fingerprint density at radius 3 is 2.80 bits per heavy atom. The molecule has 15 heavy (non-hydrogen) atoms. The molecule has 0 atom stereocenters. The van der Waals surface area contributed by atoms with Crippen LogP contribution in [-0.2, 0) is 0 Å². The summed E-state index contributed by atoms with van der Waals surface area (Å²) in [7, 11) is 0. The van der Waals surface area contributed by atoms with Crippen LogP contribution in [0.5, 0.6) is 0 Å². The van der Waals surface area contributed by atoms with Crippen molar-refractivity contribution in [3.63, 3.8) is 0 Å². The molecule has 5 nitrogen and oxygen atoms in total. The minimum absolute atomic E-state index is 0.0255. The van der Waals surface area contributed by atoms with Gasteiger partial charge in [0.1, 0.15) is 17.9 Å². The van der Waals surface area contributed by atoms with Crippen LogP contribution in [0.15, 0.2) is 33.9 Å². The van der Waals surface area contributed by atoms with E-state index in [4.69, 9.17) is 11.1 Å². The molecule has 0 saturated carbocycles. The third-order valence-corrected chi connectivity index (χ3v) is 3.25. The third kappa shape index (κ3) is 2.51. The maximum Gasteiger partial charge on any atom is 0.174 e. The lowest BCUT2D eigenvalue weighted by Crippen LogP contribution is -2.12. The SMILES string of the molecule is N=C(N)c1ccc(Sc2ncns2)cn1. The van der Waals surface area contributed by atoms with Gasteiger partial charge in [0.25, 0.3) is 0 Å². The highest BCUT2D eigenvalue weighted by Gasteiger charge is 2.02. The van der Waals surface area contributed by atoms with Crippen molar-refractivity contribution in [2.75, 3.05) is 0 Å². The molecule has 0 bridgehead atoms. The van der Waals surface area contributed by atoms with E-state index in [0.717, 1.165) is 9.24 Å². The van der Waals surface area contributed by atoms with Gasteiger partial charge >= 0.3 is 0 Å². The predicted octanol–water partition coefficient (Wildman–Crippen LogP) is 1.37. The van der Waals surface area contributed by atoms with Crippen LogP contribution in [-0.4, -0.2) is 20.2 Å². The molecule has 0 aliphatic heterocycles. The number of hydrogen-bond donors (Lipinski definition) is 2. The number of nitrogen functional groups attached to an aromatic ring is 1. The van der Waals surface area contributed by atoms with Crippen molar-refractivity contribution in [2.24, 2.45) is 5.73 Å². The molecule has 3 N–H and O–H groups in total. The highest BCUT2D eigenvalue weighted by molar-refractivity contribution is 8.01. The van der Waals surface area contributed by atoms with Crippen LogP contribution in [0, 0.1) is 5.41 Å². The van der Waals surface area contributed by atoms with Crippen molar-refractivity contribution in [1.82, 2.24) is 14.3 Å². The molecule has 2 aromatic heterocycles. The Hall–Kier alpha value is -1.47. The molecule has 0 unspecified atom stereocenters. The average Bonchev–Trinajstić information content (AvgIpc) is 2.71. The van der Waals surface area contributed by atoms with Gasteiger partial charge in [-0.1, -0.05) is 11.8 Å². The Balaban J connectivity index is 2.14. The Morgan fingerprint density at radius 2 is 2.27 bits per heavy atom. The van der Waals surface area contributed by atoms with Crippen molar-refractivity contribution in [3.8, 4) is 0 Å². The number of hydrogen-bond acceptors (Lipinski definition) is 6. The zero-order chi connectivity index (χ0) is 10.7. The molecular formula is C8H7N5S2. The first-order chi connectivity index (χ1) is 7.25. The Morgan fingerprint density at radius 1 is 1.40 bits per heavy atom. The van der Waals surface area contributed by atoms with Gasteiger partial charge in [0.2, 0.25) is 0 Å². The molecule has 2 aromatic rings. The van der Waals surface area contributed by atoms with E-state index < -0.39 is 0 Å². The number of nitrogens with zero attached hydrogens (tertiary/aromatic N) is 3. The molecule has 7 heteroatoms. The summed E-state index contributed by atoms with van der Waals surface area (Å²) in [5.74, 6) is -0.0255. The number of nitrogens with one attached hydrogen (secondary N) is 1. The molecule has 2 heterocycles. The highest BCUT2D eigenvalue weighted by atomic mass is 32.2. The topological polar surface area (TPSA) is 88.5 Å². The van der Waals surface area contributed by atoms with E-state index in [1.54, 1.807) is 12.3 Å². The van der Waals surface area contributed by atoms with Gasteiger partial charge in [-0.05, 0) is 23.7 Å². The molecule has 0 fully saturated rings. The van der Waals surface area contributed by atoms with Gasteiger partial charge < -0.3 is 5.73 Å². The van der Waals surface area contributed by atoms with Crippen molar-refractivity contribution < 1.29 is 0 Å². The molecule has 0 saturated heterocycles. The smallest absolute Gasteiger partial charge is 0.174 e. The molecule has 2 rings (SSSR count). The zero-order valence-corrected chi connectivity index (χ0v) is 9.18. The summed E-state index contributed by atoms with van der Waals surface area (Å²) < 4.78 is 4.77. The molecule has 0 amide bonds. The normalized spacial score (nSPS) is 10.1. The van der Waals surface area contributed by atoms with Gasteiger partial charge in [-0.2, -0.15) is 4.37 Å². The van der Waals surface area contributed by atoms with Crippen LogP contribution in [0.2, 0.25) is 0 Å². The van der Waals surface area contributed by atoms with Gasteiger partial charge in [0.15, 0.2) is 4.34 Å². The van der Waals surface area contributed by atoms with Crippen LogP contribution >= 0.6 is 23.3 Å². The fourth-order valence-electron chi connectivity index (χ4n) is 0.909. The van der Waals surface area contributed by atoms with E-state index in [9.17, 15) is 0 Å². The van der Waals surface area contributed by atoms with Gasteiger partial charge in [-0.3, -0.25) is 10.4 Å². The summed E-state index contributed by atoms with van der Waals surface area (Å²) in [5.41, 5.74) is 5.78. The predicted molar refractivity (Wildman–Crippen MR) is 59.3 cm³/mol. The van der Waals surface area contributed by atoms with E-state index in [2.05, 4.69) is 14.3 Å². The minimum atomic E-state index is -0.0255. The van der Waals surface area contributed by atoms with E-state index in [-0.39, 0.29) is 5.84 Å². The zero-order valence-electron chi connectivity index (χ0n) is 7.54. The number of nitrogens with two attached hydrogens (primary N) is 1. The lowest BCUT2D eigenvalue weighted by atomic mass is 10.3. The van der Waals surface area contributed by atoms with Crippen LogP contribution in [0.1, 0.15) is 5.69 Å². The molecule has 0 aromatic carbocycles. The van der Waals surface area contributed by atoms with Gasteiger partial charge in [-0.15, -0.1) is 0 Å². The third-order valence-electron chi connectivity index (χ3n) is 1.56. The second-order valence-electron chi connectivity index (χ2n) is 2.60. The maximum absolute atomic E-state index is 7.19. The second-order valence-corrected chi connectivity index (χ2v) is 4.70. The van der Waals surface area contributed by atoms with Crippen LogP contribution in [0.4, 0.5) is 0 Å². The fourth-order valence-corrected chi connectivity index (χ4v) is 2.30. The first-order valence-electron chi connectivity index (χ1n) is 4.00. The molecule has 0 aliphatic rings. The summed E-state index contributed by atoms with van der Waals surface area (Å²) in [6.45, 7) is 0. The van der Waals surface area contributed by atoms with Crippen LogP contribution in [0.3, 0.4) is 0 Å². The summed E-state index contributed by atoms with van der Waals surface area (Å²) in [6, 6.07) is 3.57. The van der Waals surface area contributed by atoms with Crippen LogP contribution < -0.4 is 5.73 Å². The molecule has 76 valence electrons. The number of pyridine rings is 1. The molecular weight excluding hydrogens is 230 g/mol. The second kappa shape index (κ2) is 4.37. The van der Waals surface area contributed by atoms with E-state index in [1.807, 2.05) is 6.07 Å². The van der Waals surface area contributed by atoms with E-state index in [1.165, 1.54) is 29.6 Å². The maximum atomic E-state index is 7.19. The number of rotatable bonds is 3. The molecule has 0 radical (unpaired) electrons. The number of aromatic nitrogens is 3. The lowest BCUT2D eigenvalue weighted by molar-refractivity contribution is 1.18. The Bertz CT molecular complexity index is 450. The average molecular weight is 237 g/mol. The molecule has 0 spiro atoms. The largest absolute Gasteiger partial charge is 0.382 e. The van der Waals surface area contributed by atoms with Crippen molar-refractivity contribution >= 4 is 29.1 Å². The first kappa shape index (κ1) is 10.1. The van der Waals surface area contributed by atoms with Crippen molar-refractivity contribution in [1.29, 1.82) is 5.41 Å². The monoisotopic (exact) mass is 237 g/mol. The van der Waals surface area contributed by atoms with Gasteiger partial charge in [0.05, 0.1) is 0 Å². The molecule has 0 aliphatic carbocycles. The lowest BCUT2D eigenvalue weighted by Gasteiger charge is -1.98. The summed E-state index contributed by atoms with van der Waals surface area (Å²) in [4.78, 5) is 9.04. The Labute approximate surface area is 94.4 Å². The van der Waals surface area contributed by atoms with Crippen molar-refractivity contribution in [3.05, 3.63) is 30.4 Å². The highest BCUT2D eigenvalue weighted by Crippen LogP contribution is 2.27. The van der Waals surface area contributed by atoms with Crippen LogP contribution in [0.25, 0.3) is 0 Å². The van der Waals surface area contributed by atoms with Gasteiger partial charge in [-0.25, -0.2) is 4.98 Å². The summed E-state index contributed by atoms with van der Waals surface area (Å²) in [5, 5.41) is 7.19. The summed E-state index contributed by atoms with van der Waals surface area (Å²) in [6.07, 6.45) is 3.19. The number of amidine groups is 1. The van der Waals surface area contributed by atoms with Gasteiger partial charge in [0, 0.05) is 11.1 Å². The fraction of sp³-hybridized carbons (Fsp3) is 0. The van der Waals surface area contributed by atoms with E-state index in [0.29, 0.717) is 5.69 Å². The van der Waals surface area contributed by atoms with E-state index >= 15 is 0 Å². The summed E-state index contributed by atoms with van der Waals surface area (Å²) >= 11 is 2.82. The Kier molecular flexibility index (Phi) is 2.93. The minimum Gasteiger partial charge on any atom is -0.382 e. The quantitative estimate of drug-likeness (QED) is 0.621. The van der Waals surface area contributed by atoms with Crippen molar-refractivity contribution in [2.45, 2.75) is 9.24 Å². The standard InChI is InChI=1S/C8H7N5S2/c9-7(10)6-2-1-5(3-11-6)14-8-12-4-13-15-8/h1-4H,(H3,9,10). The first-order valence-corrected chi connectivity index (χ1v) is 5.59.